The number of carboxylic acids is 1. The number of methoxy groups -OCH3 is 1. The fraction of sp³-hybridized carbons (Fsp3) is 0.917. The lowest BCUT2D eigenvalue weighted by Gasteiger charge is -2.48. The Morgan fingerprint density at radius 1 is 1.41 bits per heavy atom. The van der Waals surface area contributed by atoms with Crippen LogP contribution in [0.15, 0.2) is 0 Å². The zero-order valence-corrected chi connectivity index (χ0v) is 10.4. The summed E-state index contributed by atoms with van der Waals surface area (Å²) < 4.78 is 10.8. The Morgan fingerprint density at radius 3 is 2.71 bits per heavy atom. The lowest BCUT2D eigenvalue weighted by molar-refractivity contribution is -0.173. The van der Waals surface area contributed by atoms with Gasteiger partial charge < -0.3 is 14.6 Å². The minimum absolute atomic E-state index is 0.202. The number of morpholine rings is 1. The first-order valence-corrected chi connectivity index (χ1v) is 6.31. The van der Waals surface area contributed by atoms with Crippen molar-refractivity contribution in [3.05, 3.63) is 0 Å². The van der Waals surface area contributed by atoms with Gasteiger partial charge in [0.15, 0.2) is 0 Å². The van der Waals surface area contributed by atoms with E-state index in [0.717, 1.165) is 19.3 Å². The molecule has 1 aliphatic carbocycles. The van der Waals surface area contributed by atoms with Crippen LogP contribution in [0.1, 0.15) is 25.7 Å². The SMILES string of the molecule is COC1CCCCC1(C(=O)O)N1CCOCC1. The third-order valence-electron chi connectivity index (χ3n) is 4.04. The van der Waals surface area contributed by atoms with Crippen LogP contribution in [0.4, 0.5) is 0 Å². The molecule has 0 amide bonds. The molecular weight excluding hydrogens is 222 g/mol. The highest BCUT2D eigenvalue weighted by Gasteiger charge is 2.52. The molecule has 1 saturated heterocycles. The zero-order valence-electron chi connectivity index (χ0n) is 10.4. The molecule has 1 heterocycles. The van der Waals surface area contributed by atoms with Crippen molar-refractivity contribution in [2.45, 2.75) is 37.3 Å². The molecule has 1 aliphatic heterocycles. The van der Waals surface area contributed by atoms with Crippen LogP contribution >= 0.6 is 0 Å². The van der Waals surface area contributed by atoms with E-state index in [1.165, 1.54) is 0 Å². The predicted molar refractivity (Wildman–Crippen MR) is 62.0 cm³/mol. The van der Waals surface area contributed by atoms with Crippen molar-refractivity contribution in [2.75, 3.05) is 33.4 Å². The highest BCUT2D eigenvalue weighted by Crippen LogP contribution is 2.36. The van der Waals surface area contributed by atoms with E-state index in [1.807, 2.05) is 4.90 Å². The van der Waals surface area contributed by atoms with E-state index in [9.17, 15) is 9.90 Å². The summed E-state index contributed by atoms with van der Waals surface area (Å²) in [6.45, 7) is 2.61. The standard InChI is InChI=1S/C12H21NO4/c1-16-10-4-2-3-5-12(10,11(14)15)13-6-8-17-9-7-13/h10H,2-9H2,1H3,(H,14,15). The van der Waals surface area contributed by atoms with Gasteiger partial charge in [0.1, 0.15) is 5.54 Å². The molecule has 0 aromatic rings. The van der Waals surface area contributed by atoms with Gasteiger partial charge in [0.25, 0.3) is 0 Å². The van der Waals surface area contributed by atoms with Crippen molar-refractivity contribution in [1.82, 2.24) is 4.90 Å². The largest absolute Gasteiger partial charge is 0.480 e. The summed E-state index contributed by atoms with van der Waals surface area (Å²) in [7, 11) is 1.62. The first-order valence-electron chi connectivity index (χ1n) is 6.31. The highest BCUT2D eigenvalue weighted by molar-refractivity contribution is 5.80. The Bertz CT molecular complexity index is 278. The van der Waals surface area contributed by atoms with Crippen molar-refractivity contribution < 1.29 is 19.4 Å². The average molecular weight is 243 g/mol. The Labute approximate surface area is 102 Å². The fourth-order valence-electron chi connectivity index (χ4n) is 3.14. The monoisotopic (exact) mass is 243 g/mol. The van der Waals surface area contributed by atoms with Crippen LogP contribution in [0.5, 0.6) is 0 Å². The molecule has 0 aromatic heterocycles. The molecule has 0 radical (unpaired) electrons. The van der Waals surface area contributed by atoms with Crippen LogP contribution in [0.3, 0.4) is 0 Å². The van der Waals surface area contributed by atoms with Crippen LogP contribution in [-0.4, -0.2) is 61.0 Å². The molecule has 17 heavy (non-hydrogen) atoms. The molecule has 2 rings (SSSR count). The van der Waals surface area contributed by atoms with E-state index in [1.54, 1.807) is 7.11 Å². The van der Waals surface area contributed by atoms with Crippen molar-refractivity contribution in [3.8, 4) is 0 Å². The first-order chi connectivity index (χ1) is 8.21. The molecule has 5 heteroatoms. The average Bonchev–Trinajstić information content (AvgIpc) is 2.39. The van der Waals surface area contributed by atoms with Crippen LogP contribution < -0.4 is 0 Å². The quantitative estimate of drug-likeness (QED) is 0.792. The molecule has 0 bridgehead atoms. The number of hydrogen-bond donors (Lipinski definition) is 1. The minimum atomic E-state index is -0.837. The normalized spacial score (nSPS) is 35.7. The smallest absolute Gasteiger partial charge is 0.326 e. The number of rotatable bonds is 3. The summed E-state index contributed by atoms with van der Waals surface area (Å²) in [6, 6.07) is 0. The minimum Gasteiger partial charge on any atom is -0.480 e. The third kappa shape index (κ3) is 2.19. The summed E-state index contributed by atoms with van der Waals surface area (Å²) in [5.74, 6) is -0.744. The number of aliphatic carboxylic acids is 1. The number of nitrogens with zero attached hydrogens (tertiary/aromatic N) is 1. The second-order valence-electron chi connectivity index (χ2n) is 4.80. The fourth-order valence-corrected chi connectivity index (χ4v) is 3.14. The van der Waals surface area contributed by atoms with Gasteiger partial charge >= 0.3 is 5.97 Å². The Balaban J connectivity index is 2.25. The number of carboxylic acid groups (broad SMARTS) is 1. The Hall–Kier alpha value is -0.650. The Kier molecular flexibility index (Phi) is 4.01. The van der Waals surface area contributed by atoms with Gasteiger partial charge in [-0.3, -0.25) is 9.69 Å². The van der Waals surface area contributed by atoms with Crippen LogP contribution in [0, 0.1) is 0 Å². The maximum Gasteiger partial charge on any atom is 0.326 e. The van der Waals surface area contributed by atoms with Gasteiger partial charge in [0.2, 0.25) is 0 Å². The molecule has 2 unspecified atom stereocenters. The highest BCUT2D eigenvalue weighted by atomic mass is 16.5. The number of carbonyl (C=O) groups is 1. The molecule has 2 atom stereocenters. The summed E-state index contributed by atoms with van der Waals surface area (Å²) in [5.41, 5.74) is -0.837. The van der Waals surface area contributed by atoms with Gasteiger partial charge in [0.05, 0.1) is 19.3 Å². The molecule has 1 saturated carbocycles. The van der Waals surface area contributed by atoms with Crippen LogP contribution in [-0.2, 0) is 14.3 Å². The molecule has 2 aliphatic rings. The topological polar surface area (TPSA) is 59.0 Å². The van der Waals surface area contributed by atoms with Crippen molar-refractivity contribution in [1.29, 1.82) is 0 Å². The van der Waals surface area contributed by atoms with Gasteiger partial charge in [0, 0.05) is 20.2 Å². The van der Waals surface area contributed by atoms with Gasteiger partial charge in [-0.05, 0) is 12.8 Å². The molecule has 0 spiro atoms. The number of ether oxygens (including phenoxy) is 2. The van der Waals surface area contributed by atoms with E-state index in [2.05, 4.69) is 0 Å². The molecular formula is C12H21NO4. The lowest BCUT2D eigenvalue weighted by Crippen LogP contribution is -2.65. The molecule has 98 valence electrons. The second-order valence-corrected chi connectivity index (χ2v) is 4.80. The van der Waals surface area contributed by atoms with E-state index >= 15 is 0 Å². The molecule has 5 nitrogen and oxygen atoms in total. The number of hydrogen-bond acceptors (Lipinski definition) is 4. The molecule has 1 N–H and O–H groups in total. The van der Waals surface area contributed by atoms with Gasteiger partial charge in [-0.1, -0.05) is 12.8 Å². The third-order valence-corrected chi connectivity index (χ3v) is 4.04. The lowest BCUT2D eigenvalue weighted by atomic mass is 9.77. The van der Waals surface area contributed by atoms with Crippen molar-refractivity contribution in [3.63, 3.8) is 0 Å². The second kappa shape index (κ2) is 5.33. The summed E-state index contributed by atoms with van der Waals surface area (Å²) in [5, 5.41) is 9.68. The molecule has 2 fully saturated rings. The van der Waals surface area contributed by atoms with Gasteiger partial charge in [-0.15, -0.1) is 0 Å². The Morgan fingerprint density at radius 2 is 2.12 bits per heavy atom. The summed E-state index contributed by atoms with van der Waals surface area (Å²) in [6.07, 6.45) is 3.33. The van der Waals surface area contributed by atoms with Crippen molar-refractivity contribution >= 4 is 5.97 Å². The van der Waals surface area contributed by atoms with E-state index in [0.29, 0.717) is 32.7 Å². The maximum absolute atomic E-state index is 11.8. The van der Waals surface area contributed by atoms with Crippen molar-refractivity contribution in [2.24, 2.45) is 0 Å². The van der Waals surface area contributed by atoms with E-state index < -0.39 is 11.5 Å². The zero-order chi connectivity index (χ0) is 12.3. The van der Waals surface area contributed by atoms with E-state index in [4.69, 9.17) is 9.47 Å². The summed E-state index contributed by atoms with van der Waals surface area (Å²) in [4.78, 5) is 13.8. The van der Waals surface area contributed by atoms with Gasteiger partial charge in [-0.25, -0.2) is 0 Å². The summed E-state index contributed by atoms with van der Waals surface area (Å²) >= 11 is 0. The van der Waals surface area contributed by atoms with Gasteiger partial charge in [-0.2, -0.15) is 0 Å². The van der Waals surface area contributed by atoms with Crippen LogP contribution in [0.2, 0.25) is 0 Å². The predicted octanol–water partition coefficient (Wildman–Crippen LogP) is 0.731. The van der Waals surface area contributed by atoms with Crippen LogP contribution in [0.25, 0.3) is 0 Å². The maximum atomic E-state index is 11.8. The first kappa shape index (κ1) is 12.8. The molecule has 0 aromatic carbocycles. The van der Waals surface area contributed by atoms with E-state index in [-0.39, 0.29) is 6.10 Å².